The highest BCUT2D eigenvalue weighted by molar-refractivity contribution is 8.18. The number of benzene rings is 2. The van der Waals surface area contributed by atoms with Crippen molar-refractivity contribution in [3.8, 4) is 0 Å². The SMILES string of the molecule is O=C1NC(=NCc2ccc(F)cc2F)S/C1=C\c1cc2cnc3ccccc3c2o1. The number of nitrogens with zero attached hydrogens (tertiary/aromatic N) is 2. The van der Waals surface area contributed by atoms with Crippen LogP contribution in [0.25, 0.3) is 27.9 Å². The van der Waals surface area contributed by atoms with Crippen LogP contribution in [0.2, 0.25) is 0 Å². The molecular weight excluding hydrogens is 408 g/mol. The molecule has 0 bridgehead atoms. The van der Waals surface area contributed by atoms with Gasteiger partial charge in [-0.2, -0.15) is 0 Å². The molecule has 5 rings (SSSR count). The lowest BCUT2D eigenvalue weighted by Gasteiger charge is -2.00. The van der Waals surface area contributed by atoms with E-state index >= 15 is 0 Å². The normalized spacial score (nSPS) is 16.8. The third kappa shape index (κ3) is 3.46. The van der Waals surface area contributed by atoms with Crippen molar-refractivity contribution in [2.24, 2.45) is 4.99 Å². The van der Waals surface area contributed by atoms with Crippen molar-refractivity contribution >= 4 is 50.8 Å². The summed E-state index contributed by atoms with van der Waals surface area (Å²) in [7, 11) is 0. The van der Waals surface area contributed by atoms with Gasteiger partial charge in [0.2, 0.25) is 0 Å². The van der Waals surface area contributed by atoms with Gasteiger partial charge in [-0.25, -0.2) is 8.78 Å². The molecule has 30 heavy (non-hydrogen) atoms. The van der Waals surface area contributed by atoms with Crippen molar-refractivity contribution in [1.29, 1.82) is 0 Å². The monoisotopic (exact) mass is 421 g/mol. The second kappa shape index (κ2) is 7.38. The van der Waals surface area contributed by atoms with Crippen LogP contribution >= 0.6 is 11.8 Å². The molecule has 2 aromatic heterocycles. The first kappa shape index (κ1) is 18.5. The molecule has 1 aliphatic rings. The van der Waals surface area contributed by atoms with Crippen molar-refractivity contribution in [3.05, 3.63) is 82.6 Å². The van der Waals surface area contributed by atoms with Crippen molar-refractivity contribution in [1.82, 2.24) is 10.3 Å². The van der Waals surface area contributed by atoms with E-state index in [1.54, 1.807) is 12.3 Å². The molecular formula is C22H13F2N3O2S. The van der Waals surface area contributed by atoms with Crippen LogP contribution in [0.4, 0.5) is 8.78 Å². The fourth-order valence-corrected chi connectivity index (χ4v) is 3.96. The lowest BCUT2D eigenvalue weighted by molar-refractivity contribution is -0.115. The maximum atomic E-state index is 13.7. The van der Waals surface area contributed by atoms with Crippen molar-refractivity contribution in [2.45, 2.75) is 6.54 Å². The number of thioether (sulfide) groups is 1. The zero-order valence-corrected chi connectivity index (χ0v) is 16.2. The minimum atomic E-state index is -0.674. The van der Waals surface area contributed by atoms with Gasteiger partial charge < -0.3 is 9.73 Å². The first-order valence-electron chi connectivity index (χ1n) is 9.03. The molecule has 1 fully saturated rings. The number of pyridine rings is 1. The van der Waals surface area contributed by atoms with Gasteiger partial charge in [-0.3, -0.25) is 14.8 Å². The minimum absolute atomic E-state index is 0.00962. The number of carbonyl (C=O) groups excluding carboxylic acids is 1. The Labute approximate surface area is 173 Å². The van der Waals surface area contributed by atoms with Gasteiger partial charge in [-0.15, -0.1) is 0 Å². The lowest BCUT2D eigenvalue weighted by atomic mass is 10.2. The number of fused-ring (bicyclic) bond motifs is 3. The summed E-state index contributed by atoms with van der Waals surface area (Å²) in [6.07, 6.45) is 3.37. The summed E-state index contributed by atoms with van der Waals surface area (Å²) < 4.78 is 32.7. The van der Waals surface area contributed by atoms with Gasteiger partial charge in [0.15, 0.2) is 5.17 Å². The second-order valence-corrected chi connectivity index (χ2v) is 7.66. The Morgan fingerprint density at radius 1 is 1.17 bits per heavy atom. The number of furan rings is 1. The second-order valence-electron chi connectivity index (χ2n) is 6.63. The maximum absolute atomic E-state index is 13.7. The molecule has 1 saturated heterocycles. The van der Waals surface area contributed by atoms with Gasteiger partial charge in [0.05, 0.1) is 17.0 Å². The minimum Gasteiger partial charge on any atom is -0.456 e. The smallest absolute Gasteiger partial charge is 0.264 e. The standard InChI is InChI=1S/C22H13F2N3O2S/c23-14-6-5-12(17(24)8-14)10-26-22-27-21(28)19(30-22)9-15-7-13-11-25-18-4-2-1-3-16(18)20(13)29-15/h1-9,11H,10H2,(H,26,27,28)/b19-9-. The molecule has 1 amide bonds. The Morgan fingerprint density at radius 2 is 2.03 bits per heavy atom. The molecule has 0 unspecified atom stereocenters. The highest BCUT2D eigenvalue weighted by atomic mass is 32.2. The molecule has 0 atom stereocenters. The van der Waals surface area contributed by atoms with Gasteiger partial charge >= 0.3 is 0 Å². The molecule has 0 saturated carbocycles. The van der Waals surface area contributed by atoms with Crippen LogP contribution in [0.1, 0.15) is 11.3 Å². The summed E-state index contributed by atoms with van der Waals surface area (Å²) in [6, 6.07) is 12.8. The quantitative estimate of drug-likeness (QED) is 0.472. The van der Waals surface area contributed by atoms with Gasteiger partial charge in [0.25, 0.3) is 5.91 Å². The van der Waals surface area contributed by atoms with E-state index in [0.717, 1.165) is 34.1 Å². The molecule has 2 aromatic carbocycles. The van der Waals surface area contributed by atoms with Crippen molar-refractivity contribution in [3.63, 3.8) is 0 Å². The third-order valence-corrected chi connectivity index (χ3v) is 5.55. The average Bonchev–Trinajstić information content (AvgIpc) is 3.30. The summed E-state index contributed by atoms with van der Waals surface area (Å²) in [6.45, 7) is -0.00962. The molecule has 0 radical (unpaired) electrons. The van der Waals surface area contributed by atoms with E-state index in [1.807, 2.05) is 30.3 Å². The summed E-state index contributed by atoms with van der Waals surface area (Å²) in [5.41, 5.74) is 1.78. The number of amides is 1. The number of hydrogen-bond acceptors (Lipinski definition) is 5. The summed E-state index contributed by atoms with van der Waals surface area (Å²) in [5, 5.41) is 4.72. The summed E-state index contributed by atoms with van der Waals surface area (Å²) >= 11 is 1.13. The van der Waals surface area contributed by atoms with E-state index in [-0.39, 0.29) is 18.0 Å². The molecule has 3 heterocycles. The average molecular weight is 421 g/mol. The van der Waals surface area contributed by atoms with Gasteiger partial charge in [0.1, 0.15) is 23.0 Å². The lowest BCUT2D eigenvalue weighted by Crippen LogP contribution is -2.19. The van der Waals surface area contributed by atoms with Gasteiger partial charge in [0, 0.05) is 34.7 Å². The highest BCUT2D eigenvalue weighted by Gasteiger charge is 2.24. The molecule has 0 spiro atoms. The summed E-state index contributed by atoms with van der Waals surface area (Å²) in [4.78, 5) is 21.3. The zero-order valence-electron chi connectivity index (χ0n) is 15.4. The van der Waals surface area contributed by atoms with Crippen LogP contribution < -0.4 is 5.32 Å². The van der Waals surface area contributed by atoms with Gasteiger partial charge in [-0.05, 0) is 36.0 Å². The van der Waals surface area contributed by atoms with Gasteiger partial charge in [-0.1, -0.05) is 18.2 Å². The van der Waals surface area contributed by atoms with Crippen LogP contribution in [0, 0.1) is 11.6 Å². The fourth-order valence-electron chi connectivity index (χ4n) is 3.16. The number of nitrogens with one attached hydrogen (secondary N) is 1. The Morgan fingerprint density at radius 3 is 2.90 bits per heavy atom. The van der Waals surface area contributed by atoms with E-state index in [2.05, 4.69) is 15.3 Å². The van der Waals surface area contributed by atoms with Crippen LogP contribution in [0.3, 0.4) is 0 Å². The number of rotatable bonds is 3. The van der Waals surface area contributed by atoms with Crippen LogP contribution in [0.15, 0.2) is 69.0 Å². The first-order valence-corrected chi connectivity index (χ1v) is 9.85. The Kier molecular flexibility index (Phi) is 4.55. The van der Waals surface area contributed by atoms with Crippen molar-refractivity contribution < 1.29 is 18.0 Å². The topological polar surface area (TPSA) is 67.5 Å². The Bertz CT molecular complexity index is 1380. The number of aromatic nitrogens is 1. The maximum Gasteiger partial charge on any atom is 0.264 e. The number of halogens is 2. The number of carbonyl (C=O) groups is 1. The van der Waals surface area contributed by atoms with E-state index < -0.39 is 11.6 Å². The zero-order chi connectivity index (χ0) is 20.7. The summed E-state index contributed by atoms with van der Waals surface area (Å²) in [5.74, 6) is -1.12. The fraction of sp³-hybridized carbons (Fsp3) is 0.0455. The molecule has 148 valence electrons. The largest absolute Gasteiger partial charge is 0.456 e. The van der Waals surface area contributed by atoms with E-state index in [9.17, 15) is 13.6 Å². The predicted molar refractivity (Wildman–Crippen MR) is 113 cm³/mol. The highest BCUT2D eigenvalue weighted by Crippen LogP contribution is 2.31. The molecule has 0 aliphatic carbocycles. The van der Waals surface area contributed by atoms with E-state index in [0.29, 0.717) is 21.4 Å². The first-order chi connectivity index (χ1) is 14.6. The predicted octanol–water partition coefficient (Wildman–Crippen LogP) is 5.02. The van der Waals surface area contributed by atoms with Crippen LogP contribution in [-0.2, 0) is 11.3 Å². The molecule has 4 aromatic rings. The number of amidine groups is 1. The number of para-hydroxylation sites is 1. The number of hydrogen-bond donors (Lipinski definition) is 1. The molecule has 8 heteroatoms. The van der Waals surface area contributed by atoms with E-state index in [1.165, 1.54) is 12.1 Å². The van der Waals surface area contributed by atoms with E-state index in [4.69, 9.17) is 4.42 Å². The Hall–Kier alpha value is -3.52. The Balaban J connectivity index is 1.40. The number of aliphatic imine (C=N–C) groups is 1. The van der Waals surface area contributed by atoms with Crippen LogP contribution in [-0.4, -0.2) is 16.1 Å². The molecule has 1 N–H and O–H groups in total. The molecule has 1 aliphatic heterocycles. The van der Waals surface area contributed by atoms with Crippen LogP contribution in [0.5, 0.6) is 0 Å². The van der Waals surface area contributed by atoms with Crippen molar-refractivity contribution in [2.75, 3.05) is 0 Å². The molecule has 5 nitrogen and oxygen atoms in total. The third-order valence-electron chi connectivity index (χ3n) is 4.60.